The van der Waals surface area contributed by atoms with Crippen LogP contribution in [0.1, 0.15) is 11.1 Å². The highest BCUT2D eigenvalue weighted by Crippen LogP contribution is 2.29. The molecule has 0 spiro atoms. The minimum atomic E-state index is 0.118. The van der Waals surface area contributed by atoms with Crippen LogP contribution < -0.4 is 5.73 Å². The number of aromatic nitrogens is 3. The molecule has 0 saturated carbocycles. The number of nitrogen functional groups attached to an aromatic ring is 1. The van der Waals surface area contributed by atoms with Gasteiger partial charge in [-0.1, -0.05) is 41.1 Å². The molecule has 0 atom stereocenters. The molecular formula is C16H16N4O. The molecule has 0 radical (unpaired) electrons. The van der Waals surface area contributed by atoms with Crippen LogP contribution in [0.25, 0.3) is 16.9 Å². The van der Waals surface area contributed by atoms with Crippen molar-refractivity contribution in [3.8, 4) is 22.7 Å². The second-order valence-electron chi connectivity index (χ2n) is 5.09. The molecule has 21 heavy (non-hydrogen) atoms. The maximum atomic E-state index is 9.98. The third kappa shape index (κ3) is 2.33. The van der Waals surface area contributed by atoms with Gasteiger partial charge in [-0.2, -0.15) is 4.68 Å². The van der Waals surface area contributed by atoms with Crippen LogP contribution in [0.4, 0.5) is 5.82 Å². The van der Waals surface area contributed by atoms with Crippen molar-refractivity contribution in [3.05, 3.63) is 53.6 Å². The van der Waals surface area contributed by atoms with Crippen LogP contribution in [0.2, 0.25) is 0 Å². The van der Waals surface area contributed by atoms with Gasteiger partial charge in [0.1, 0.15) is 17.1 Å². The van der Waals surface area contributed by atoms with E-state index in [-0.39, 0.29) is 5.75 Å². The first kappa shape index (κ1) is 13.2. The van der Waals surface area contributed by atoms with E-state index in [2.05, 4.69) is 10.3 Å². The zero-order chi connectivity index (χ0) is 15.0. The molecule has 0 unspecified atom stereocenters. The summed E-state index contributed by atoms with van der Waals surface area (Å²) in [6.07, 6.45) is 0. The normalized spacial score (nSPS) is 10.8. The standard InChI is InChI=1S/C16H16N4O/c1-10-3-6-12(7-4-10)15-16(17)20(19-18-15)13-9-11(2)5-8-14(13)21/h3-9,21H,17H2,1-2H3. The molecule has 0 aliphatic carbocycles. The van der Waals surface area contributed by atoms with Gasteiger partial charge in [0.2, 0.25) is 0 Å². The Morgan fingerprint density at radius 2 is 1.67 bits per heavy atom. The van der Waals surface area contributed by atoms with E-state index in [4.69, 9.17) is 5.73 Å². The maximum absolute atomic E-state index is 9.98. The fraction of sp³-hybridized carbons (Fsp3) is 0.125. The number of aromatic hydroxyl groups is 1. The van der Waals surface area contributed by atoms with E-state index in [1.165, 1.54) is 10.2 Å². The molecule has 3 aromatic rings. The summed E-state index contributed by atoms with van der Waals surface area (Å²) in [6.45, 7) is 3.96. The van der Waals surface area contributed by atoms with Crippen LogP contribution in [-0.2, 0) is 0 Å². The van der Waals surface area contributed by atoms with E-state index in [9.17, 15) is 5.11 Å². The molecule has 1 aromatic heterocycles. The lowest BCUT2D eigenvalue weighted by Crippen LogP contribution is -2.03. The second-order valence-corrected chi connectivity index (χ2v) is 5.09. The number of rotatable bonds is 2. The van der Waals surface area contributed by atoms with E-state index in [0.29, 0.717) is 17.2 Å². The summed E-state index contributed by atoms with van der Waals surface area (Å²) in [6, 6.07) is 13.2. The minimum Gasteiger partial charge on any atom is -0.506 e. The van der Waals surface area contributed by atoms with E-state index >= 15 is 0 Å². The summed E-state index contributed by atoms with van der Waals surface area (Å²) >= 11 is 0. The number of phenols is 1. The van der Waals surface area contributed by atoms with Gasteiger partial charge in [-0.15, -0.1) is 5.10 Å². The van der Waals surface area contributed by atoms with Crippen LogP contribution in [0.15, 0.2) is 42.5 Å². The zero-order valence-corrected chi connectivity index (χ0v) is 11.9. The number of aryl methyl sites for hydroxylation is 2. The Hall–Kier alpha value is -2.82. The Morgan fingerprint density at radius 1 is 1.00 bits per heavy atom. The number of nitrogens with zero attached hydrogens (tertiary/aromatic N) is 3. The lowest BCUT2D eigenvalue weighted by molar-refractivity contribution is 0.470. The predicted octanol–water partition coefficient (Wildman–Crippen LogP) is 2.84. The van der Waals surface area contributed by atoms with Gasteiger partial charge < -0.3 is 10.8 Å². The average molecular weight is 280 g/mol. The van der Waals surface area contributed by atoms with E-state index in [0.717, 1.165) is 11.1 Å². The van der Waals surface area contributed by atoms with E-state index in [1.807, 2.05) is 50.2 Å². The molecule has 0 bridgehead atoms. The van der Waals surface area contributed by atoms with Gasteiger partial charge in [-0.3, -0.25) is 0 Å². The number of hydrogen-bond acceptors (Lipinski definition) is 4. The fourth-order valence-corrected chi connectivity index (χ4v) is 2.19. The summed E-state index contributed by atoms with van der Waals surface area (Å²) in [5.41, 5.74) is 10.4. The molecule has 5 heteroatoms. The van der Waals surface area contributed by atoms with Crippen LogP contribution in [0, 0.1) is 13.8 Å². The van der Waals surface area contributed by atoms with Gasteiger partial charge in [0.05, 0.1) is 0 Å². The monoisotopic (exact) mass is 280 g/mol. The van der Waals surface area contributed by atoms with E-state index < -0.39 is 0 Å². The summed E-state index contributed by atoms with van der Waals surface area (Å²) in [7, 11) is 0. The first-order valence-corrected chi connectivity index (χ1v) is 6.64. The summed E-state index contributed by atoms with van der Waals surface area (Å²) in [5.74, 6) is 0.521. The molecule has 3 N–H and O–H groups in total. The van der Waals surface area contributed by atoms with Gasteiger partial charge >= 0.3 is 0 Å². The van der Waals surface area contributed by atoms with Gasteiger partial charge in [-0.25, -0.2) is 0 Å². The van der Waals surface area contributed by atoms with Crippen LogP contribution in [0.3, 0.4) is 0 Å². The van der Waals surface area contributed by atoms with Crippen molar-refractivity contribution in [2.24, 2.45) is 0 Å². The average Bonchev–Trinajstić information content (AvgIpc) is 2.84. The SMILES string of the molecule is Cc1ccc(-c2nnn(-c3cc(C)ccc3O)c2N)cc1. The summed E-state index contributed by atoms with van der Waals surface area (Å²) in [4.78, 5) is 0. The molecule has 1 heterocycles. The number of hydrogen-bond donors (Lipinski definition) is 2. The van der Waals surface area contributed by atoms with Gasteiger partial charge in [0.25, 0.3) is 0 Å². The third-order valence-electron chi connectivity index (χ3n) is 3.39. The van der Waals surface area contributed by atoms with Gasteiger partial charge in [-0.05, 0) is 31.5 Å². The van der Waals surface area contributed by atoms with Crippen molar-refractivity contribution in [1.82, 2.24) is 15.0 Å². The lowest BCUT2D eigenvalue weighted by atomic mass is 10.1. The number of benzene rings is 2. The zero-order valence-electron chi connectivity index (χ0n) is 11.9. The molecule has 3 rings (SSSR count). The van der Waals surface area contributed by atoms with Crippen molar-refractivity contribution >= 4 is 5.82 Å². The third-order valence-corrected chi connectivity index (χ3v) is 3.39. The van der Waals surface area contributed by atoms with Gasteiger partial charge in [0.15, 0.2) is 5.82 Å². The topological polar surface area (TPSA) is 77.0 Å². The predicted molar refractivity (Wildman–Crippen MR) is 82.3 cm³/mol. The van der Waals surface area contributed by atoms with Crippen molar-refractivity contribution in [2.45, 2.75) is 13.8 Å². The molecule has 5 nitrogen and oxygen atoms in total. The van der Waals surface area contributed by atoms with Crippen molar-refractivity contribution in [3.63, 3.8) is 0 Å². The quantitative estimate of drug-likeness (QED) is 0.756. The number of phenolic OH excluding ortho intramolecular Hbond substituents is 1. The Kier molecular flexibility index (Phi) is 3.10. The Labute approximate surface area is 122 Å². The highest BCUT2D eigenvalue weighted by Gasteiger charge is 2.15. The Morgan fingerprint density at radius 3 is 2.38 bits per heavy atom. The van der Waals surface area contributed by atoms with Crippen molar-refractivity contribution in [1.29, 1.82) is 0 Å². The molecule has 2 aromatic carbocycles. The van der Waals surface area contributed by atoms with Gasteiger partial charge in [0, 0.05) is 5.56 Å². The fourth-order valence-electron chi connectivity index (χ4n) is 2.19. The first-order chi connectivity index (χ1) is 10.1. The minimum absolute atomic E-state index is 0.118. The number of nitrogens with two attached hydrogens (primary N) is 1. The maximum Gasteiger partial charge on any atom is 0.156 e. The smallest absolute Gasteiger partial charge is 0.156 e. The Balaban J connectivity index is 2.11. The van der Waals surface area contributed by atoms with Crippen LogP contribution in [0.5, 0.6) is 5.75 Å². The summed E-state index contributed by atoms with van der Waals surface area (Å²) in [5, 5.41) is 18.2. The largest absolute Gasteiger partial charge is 0.506 e. The summed E-state index contributed by atoms with van der Waals surface area (Å²) < 4.78 is 1.46. The highest BCUT2D eigenvalue weighted by molar-refractivity contribution is 5.71. The molecular weight excluding hydrogens is 264 g/mol. The van der Waals surface area contributed by atoms with Crippen LogP contribution >= 0.6 is 0 Å². The first-order valence-electron chi connectivity index (χ1n) is 6.64. The van der Waals surface area contributed by atoms with Crippen molar-refractivity contribution in [2.75, 3.05) is 5.73 Å². The number of anilines is 1. The second kappa shape index (κ2) is 4.94. The molecule has 0 saturated heterocycles. The molecule has 0 aliphatic heterocycles. The van der Waals surface area contributed by atoms with Crippen LogP contribution in [-0.4, -0.2) is 20.1 Å². The molecule has 0 amide bonds. The Bertz CT molecular complexity index is 791. The molecule has 106 valence electrons. The van der Waals surface area contributed by atoms with Crippen molar-refractivity contribution < 1.29 is 5.11 Å². The van der Waals surface area contributed by atoms with E-state index in [1.54, 1.807) is 6.07 Å². The molecule has 0 aliphatic rings. The molecule has 0 fully saturated rings. The highest BCUT2D eigenvalue weighted by atomic mass is 16.3. The lowest BCUT2D eigenvalue weighted by Gasteiger charge is -2.07.